The first-order valence-electron chi connectivity index (χ1n) is 9.56. The summed E-state index contributed by atoms with van der Waals surface area (Å²) in [4.78, 5) is 0. The molecule has 0 amide bonds. The summed E-state index contributed by atoms with van der Waals surface area (Å²) in [5, 5.41) is 7.83. The molecule has 1 aromatic rings. The van der Waals surface area contributed by atoms with Gasteiger partial charge in [-0.3, -0.25) is 4.68 Å². The zero-order valence-electron chi connectivity index (χ0n) is 15.8. The summed E-state index contributed by atoms with van der Waals surface area (Å²) in [6.45, 7) is 10.1. The Morgan fingerprint density at radius 1 is 1.12 bits per heavy atom. The minimum absolute atomic E-state index is 0.0934. The molecule has 4 bridgehead atoms. The first-order chi connectivity index (χ1) is 11.3. The lowest BCUT2D eigenvalue weighted by Gasteiger charge is -2.69. The van der Waals surface area contributed by atoms with E-state index in [2.05, 4.69) is 41.9 Å². The lowest BCUT2D eigenvalue weighted by atomic mass is 9.39. The van der Waals surface area contributed by atoms with Crippen molar-refractivity contribution in [3.05, 3.63) is 18.0 Å². The van der Waals surface area contributed by atoms with E-state index in [0.29, 0.717) is 16.2 Å². The van der Waals surface area contributed by atoms with Crippen LogP contribution in [-0.4, -0.2) is 35.6 Å². The molecule has 0 aliphatic heterocycles. The molecule has 2 atom stereocenters. The van der Waals surface area contributed by atoms with Crippen molar-refractivity contribution >= 4 is 0 Å². The van der Waals surface area contributed by atoms with E-state index < -0.39 is 0 Å². The fourth-order valence-electron chi connectivity index (χ4n) is 7.40. The molecule has 0 saturated heterocycles. The summed E-state index contributed by atoms with van der Waals surface area (Å²) in [6, 6.07) is 2.13. The van der Waals surface area contributed by atoms with Crippen LogP contribution in [0.3, 0.4) is 0 Å². The standard InChI is InChI=1S/C20H33N3O/c1-16-5-6-22-23(16)15-19-10-17(2)9-18(3,11-19)13-20(12-17,14-19)24-8-7-21-4/h5-6,21H,7-15H2,1-4H3. The van der Waals surface area contributed by atoms with Crippen molar-refractivity contribution in [3.63, 3.8) is 0 Å². The van der Waals surface area contributed by atoms with Gasteiger partial charge in [0, 0.05) is 25.0 Å². The van der Waals surface area contributed by atoms with Crippen molar-refractivity contribution < 1.29 is 4.74 Å². The van der Waals surface area contributed by atoms with Crippen LogP contribution in [0.5, 0.6) is 0 Å². The average Bonchev–Trinajstić information content (AvgIpc) is 2.79. The van der Waals surface area contributed by atoms with E-state index in [-0.39, 0.29) is 5.60 Å². The quantitative estimate of drug-likeness (QED) is 0.810. The van der Waals surface area contributed by atoms with Crippen LogP contribution in [0.2, 0.25) is 0 Å². The molecule has 1 heterocycles. The van der Waals surface area contributed by atoms with Crippen LogP contribution in [-0.2, 0) is 11.3 Å². The molecule has 2 unspecified atom stereocenters. The Bertz CT molecular complexity index is 604. The second kappa shape index (κ2) is 5.31. The number of aromatic nitrogens is 2. The number of ether oxygens (including phenoxy) is 1. The number of nitrogens with one attached hydrogen (secondary N) is 1. The number of rotatable bonds is 6. The van der Waals surface area contributed by atoms with E-state index in [0.717, 1.165) is 19.7 Å². The summed E-state index contributed by atoms with van der Waals surface area (Å²) in [7, 11) is 2.01. The summed E-state index contributed by atoms with van der Waals surface area (Å²) in [5.41, 5.74) is 2.60. The van der Waals surface area contributed by atoms with Gasteiger partial charge >= 0.3 is 0 Å². The largest absolute Gasteiger partial charge is 0.374 e. The maximum Gasteiger partial charge on any atom is 0.0699 e. The zero-order valence-corrected chi connectivity index (χ0v) is 15.8. The van der Waals surface area contributed by atoms with Crippen molar-refractivity contribution in [2.75, 3.05) is 20.2 Å². The van der Waals surface area contributed by atoms with E-state index in [9.17, 15) is 0 Å². The van der Waals surface area contributed by atoms with Crippen LogP contribution in [0, 0.1) is 23.2 Å². The van der Waals surface area contributed by atoms with Gasteiger partial charge in [0.25, 0.3) is 0 Å². The second-order valence-corrected chi connectivity index (χ2v) is 9.95. The van der Waals surface area contributed by atoms with Crippen LogP contribution in [0.1, 0.15) is 58.1 Å². The molecular weight excluding hydrogens is 298 g/mol. The smallest absolute Gasteiger partial charge is 0.0699 e. The molecule has 1 aromatic heterocycles. The molecule has 0 spiro atoms. The van der Waals surface area contributed by atoms with Gasteiger partial charge < -0.3 is 10.1 Å². The molecule has 4 aliphatic carbocycles. The van der Waals surface area contributed by atoms with Crippen molar-refractivity contribution in [1.82, 2.24) is 15.1 Å². The Hall–Kier alpha value is -0.870. The molecule has 4 aliphatic rings. The minimum atomic E-state index is 0.0934. The van der Waals surface area contributed by atoms with Gasteiger partial charge in [0.15, 0.2) is 0 Å². The maximum atomic E-state index is 6.60. The predicted octanol–water partition coefficient (Wildman–Crippen LogP) is 3.55. The summed E-state index contributed by atoms with van der Waals surface area (Å²) in [5.74, 6) is 0. The molecule has 4 fully saturated rings. The lowest BCUT2D eigenvalue weighted by Crippen LogP contribution is -2.64. The Labute approximate surface area is 146 Å². The molecule has 0 radical (unpaired) electrons. The molecule has 24 heavy (non-hydrogen) atoms. The van der Waals surface area contributed by atoms with Gasteiger partial charge in [0.1, 0.15) is 0 Å². The van der Waals surface area contributed by atoms with Gasteiger partial charge in [-0.1, -0.05) is 13.8 Å². The highest BCUT2D eigenvalue weighted by atomic mass is 16.5. The van der Waals surface area contributed by atoms with Gasteiger partial charge in [0.05, 0.1) is 12.2 Å². The molecule has 0 aromatic carbocycles. The van der Waals surface area contributed by atoms with Gasteiger partial charge in [-0.25, -0.2) is 0 Å². The third kappa shape index (κ3) is 2.72. The normalized spacial score (nSPS) is 43.5. The number of hydrogen-bond donors (Lipinski definition) is 1. The Morgan fingerprint density at radius 3 is 2.42 bits per heavy atom. The Kier molecular flexibility index (Phi) is 3.67. The summed E-state index contributed by atoms with van der Waals surface area (Å²) in [6.07, 6.45) is 9.71. The van der Waals surface area contributed by atoms with Crippen molar-refractivity contribution in [3.8, 4) is 0 Å². The van der Waals surface area contributed by atoms with Crippen molar-refractivity contribution in [2.24, 2.45) is 16.2 Å². The van der Waals surface area contributed by atoms with E-state index in [1.165, 1.54) is 44.2 Å². The molecule has 4 heteroatoms. The molecule has 4 saturated carbocycles. The zero-order chi connectivity index (χ0) is 17.1. The van der Waals surface area contributed by atoms with Crippen molar-refractivity contribution in [2.45, 2.75) is 71.4 Å². The van der Waals surface area contributed by atoms with Crippen LogP contribution in [0.4, 0.5) is 0 Å². The SMILES string of the molecule is CNCCOC12CC3(C)CC(C)(CC(Cn4nccc4C)(C3)C1)C2. The summed E-state index contributed by atoms with van der Waals surface area (Å²) >= 11 is 0. The molecule has 5 rings (SSSR count). The predicted molar refractivity (Wildman–Crippen MR) is 95.9 cm³/mol. The van der Waals surface area contributed by atoms with E-state index in [4.69, 9.17) is 4.74 Å². The van der Waals surface area contributed by atoms with Gasteiger partial charge in [-0.05, 0) is 74.8 Å². The fraction of sp³-hybridized carbons (Fsp3) is 0.850. The fourth-order valence-corrected chi connectivity index (χ4v) is 7.40. The topological polar surface area (TPSA) is 39.1 Å². The highest BCUT2D eigenvalue weighted by Gasteiger charge is 2.66. The van der Waals surface area contributed by atoms with Crippen LogP contribution >= 0.6 is 0 Å². The van der Waals surface area contributed by atoms with Gasteiger partial charge in [0.2, 0.25) is 0 Å². The maximum absolute atomic E-state index is 6.60. The van der Waals surface area contributed by atoms with Crippen LogP contribution in [0.15, 0.2) is 12.3 Å². The third-order valence-electron chi connectivity index (χ3n) is 6.83. The first-order valence-corrected chi connectivity index (χ1v) is 9.56. The van der Waals surface area contributed by atoms with E-state index in [1.807, 2.05) is 13.2 Å². The lowest BCUT2D eigenvalue weighted by molar-refractivity contribution is -0.247. The molecule has 4 nitrogen and oxygen atoms in total. The van der Waals surface area contributed by atoms with Gasteiger partial charge in [-0.15, -0.1) is 0 Å². The van der Waals surface area contributed by atoms with E-state index >= 15 is 0 Å². The second-order valence-electron chi connectivity index (χ2n) is 9.95. The monoisotopic (exact) mass is 331 g/mol. The van der Waals surface area contributed by atoms with Crippen LogP contribution < -0.4 is 5.32 Å². The number of aryl methyl sites for hydroxylation is 1. The first kappa shape index (κ1) is 16.6. The number of nitrogens with zero attached hydrogens (tertiary/aromatic N) is 2. The minimum Gasteiger partial charge on any atom is -0.374 e. The van der Waals surface area contributed by atoms with Gasteiger partial charge in [-0.2, -0.15) is 5.10 Å². The highest BCUT2D eigenvalue weighted by molar-refractivity contribution is 5.17. The Balaban J connectivity index is 1.65. The molecular formula is C20H33N3O. The summed E-state index contributed by atoms with van der Waals surface area (Å²) < 4.78 is 8.83. The average molecular weight is 332 g/mol. The highest BCUT2D eigenvalue weighted by Crippen LogP contribution is 2.71. The molecule has 134 valence electrons. The van der Waals surface area contributed by atoms with Crippen LogP contribution in [0.25, 0.3) is 0 Å². The number of hydrogen-bond acceptors (Lipinski definition) is 3. The van der Waals surface area contributed by atoms with Crippen molar-refractivity contribution in [1.29, 1.82) is 0 Å². The van der Waals surface area contributed by atoms with E-state index in [1.54, 1.807) is 0 Å². The molecule has 1 N–H and O–H groups in total. The Morgan fingerprint density at radius 2 is 1.83 bits per heavy atom. The number of likely N-dealkylation sites (N-methyl/N-ethyl adjacent to an activating group) is 1. The third-order valence-corrected chi connectivity index (χ3v) is 6.83.